The molecule has 232 valence electrons. The van der Waals surface area contributed by atoms with Crippen molar-refractivity contribution in [2.75, 3.05) is 28.6 Å². The van der Waals surface area contributed by atoms with Crippen LogP contribution in [0.1, 0.15) is 29.8 Å². The van der Waals surface area contributed by atoms with Gasteiger partial charge in [0.1, 0.15) is 12.3 Å². The van der Waals surface area contributed by atoms with E-state index in [0.717, 1.165) is 4.31 Å². The molecule has 0 aliphatic rings. The van der Waals surface area contributed by atoms with Crippen LogP contribution in [-0.4, -0.2) is 45.5 Å². The molecule has 3 N–H and O–H groups in total. The number of methoxy groups -OCH3 is 1. The monoisotopic (exact) mass is 647 g/mol. The molecule has 0 bridgehead atoms. The summed E-state index contributed by atoms with van der Waals surface area (Å²) in [5, 5.41) is 9.98. The van der Waals surface area contributed by atoms with Crippen LogP contribution >= 0.6 is 11.6 Å². The summed E-state index contributed by atoms with van der Waals surface area (Å²) >= 11 is 5.99. The fourth-order valence-corrected chi connectivity index (χ4v) is 5.75. The highest BCUT2D eigenvalue weighted by atomic mass is 35.5. The first-order valence-electron chi connectivity index (χ1n) is 13.5. The Bertz CT molecular complexity index is 1840. The Morgan fingerprint density at radius 2 is 1.49 bits per heavy atom. The highest BCUT2D eigenvalue weighted by molar-refractivity contribution is 7.92. The van der Waals surface area contributed by atoms with Gasteiger partial charge in [0.05, 0.1) is 23.4 Å². The number of amides is 3. The molecule has 0 atom stereocenters. The number of nitrogens with zero attached hydrogens (tertiary/aromatic N) is 2. The van der Waals surface area contributed by atoms with Gasteiger partial charge >= 0.3 is 0 Å². The second-order valence-electron chi connectivity index (χ2n) is 9.69. The highest BCUT2D eigenvalue weighted by Crippen LogP contribution is 2.26. The van der Waals surface area contributed by atoms with E-state index in [1.54, 1.807) is 67.6 Å². The molecule has 0 radical (unpaired) electrons. The first-order valence-corrected chi connectivity index (χ1v) is 15.3. The van der Waals surface area contributed by atoms with Crippen molar-refractivity contribution in [2.24, 2.45) is 5.10 Å². The number of hydrazone groups is 1. The van der Waals surface area contributed by atoms with Gasteiger partial charge in [-0.3, -0.25) is 18.7 Å². The Morgan fingerprint density at radius 3 is 2.13 bits per heavy atom. The second kappa shape index (κ2) is 14.5. The number of carbonyl (C=O) groups excluding carboxylic acids is 3. The molecular formula is C32H30ClN5O6S. The zero-order valence-electron chi connectivity index (χ0n) is 24.6. The molecule has 4 rings (SSSR count). The van der Waals surface area contributed by atoms with Crippen LogP contribution in [0.4, 0.5) is 17.1 Å². The summed E-state index contributed by atoms with van der Waals surface area (Å²) in [4.78, 5) is 37.0. The number of ether oxygens (including phenoxy) is 1. The molecule has 4 aromatic rings. The molecule has 0 fully saturated rings. The van der Waals surface area contributed by atoms with E-state index in [0.29, 0.717) is 39.0 Å². The molecule has 0 unspecified atom stereocenters. The van der Waals surface area contributed by atoms with Crippen molar-refractivity contribution in [3.05, 3.63) is 113 Å². The van der Waals surface area contributed by atoms with E-state index in [9.17, 15) is 22.8 Å². The summed E-state index contributed by atoms with van der Waals surface area (Å²) in [6.45, 7) is 2.41. The quantitative estimate of drug-likeness (QED) is 0.149. The number of hydrogen-bond acceptors (Lipinski definition) is 7. The fourth-order valence-electron chi connectivity index (χ4n) is 4.14. The lowest BCUT2D eigenvalue weighted by Crippen LogP contribution is -2.39. The summed E-state index contributed by atoms with van der Waals surface area (Å²) in [6.07, 6.45) is 0. The molecule has 0 spiro atoms. The summed E-state index contributed by atoms with van der Waals surface area (Å²) in [5.74, 6) is -0.838. The van der Waals surface area contributed by atoms with Gasteiger partial charge in [-0.2, -0.15) is 5.10 Å². The maximum atomic E-state index is 13.7. The molecule has 0 aromatic heterocycles. The molecule has 0 saturated heterocycles. The van der Waals surface area contributed by atoms with E-state index in [1.165, 1.54) is 50.4 Å². The number of carbonyl (C=O) groups is 3. The van der Waals surface area contributed by atoms with Crippen LogP contribution in [0.5, 0.6) is 5.75 Å². The van der Waals surface area contributed by atoms with E-state index < -0.39 is 22.5 Å². The predicted molar refractivity (Wildman–Crippen MR) is 174 cm³/mol. The molecule has 0 heterocycles. The van der Waals surface area contributed by atoms with Gasteiger partial charge in [0.2, 0.25) is 5.91 Å². The Labute approximate surface area is 265 Å². The SMILES string of the molecule is COc1ccc(N(CC(=O)N/N=C(/C)c2cccc(NC(=O)c3cccc(Cl)c3)c2)S(=O)(=O)c2ccc(NC(C)=O)cc2)cc1. The third-order valence-electron chi connectivity index (χ3n) is 6.38. The van der Waals surface area contributed by atoms with Gasteiger partial charge in [-0.15, -0.1) is 0 Å². The third-order valence-corrected chi connectivity index (χ3v) is 8.41. The molecule has 11 nitrogen and oxygen atoms in total. The smallest absolute Gasteiger partial charge is 0.264 e. The minimum absolute atomic E-state index is 0.0865. The number of rotatable bonds is 11. The molecule has 13 heteroatoms. The van der Waals surface area contributed by atoms with Crippen molar-refractivity contribution in [2.45, 2.75) is 18.7 Å². The predicted octanol–water partition coefficient (Wildman–Crippen LogP) is 5.30. The Balaban J connectivity index is 1.52. The van der Waals surface area contributed by atoms with Crippen molar-refractivity contribution in [3.63, 3.8) is 0 Å². The van der Waals surface area contributed by atoms with Crippen molar-refractivity contribution < 1.29 is 27.5 Å². The number of benzene rings is 4. The highest BCUT2D eigenvalue weighted by Gasteiger charge is 2.27. The standard InChI is InChI=1S/C32H30ClN5O6S/c1-21(23-6-5-9-27(19-23)35-32(41)24-7-4-8-25(33)18-24)36-37-31(40)20-38(28-12-14-29(44-3)15-13-28)45(42,43)30-16-10-26(11-17-30)34-22(2)39/h4-19H,20H2,1-3H3,(H,34,39)(H,35,41)(H,37,40)/b36-21-. The van der Waals surface area contributed by atoms with Crippen LogP contribution in [0.3, 0.4) is 0 Å². The van der Waals surface area contributed by atoms with Gasteiger partial charge in [-0.25, -0.2) is 13.8 Å². The van der Waals surface area contributed by atoms with Crippen LogP contribution < -0.4 is 25.1 Å². The first-order chi connectivity index (χ1) is 21.5. The van der Waals surface area contributed by atoms with Gasteiger partial charge < -0.3 is 15.4 Å². The summed E-state index contributed by atoms with van der Waals surface area (Å²) in [5.41, 5.74) is 4.98. The third kappa shape index (κ3) is 8.68. The van der Waals surface area contributed by atoms with E-state index >= 15 is 0 Å². The first kappa shape index (κ1) is 32.7. The van der Waals surface area contributed by atoms with Gasteiger partial charge in [-0.05, 0) is 91.3 Å². The summed E-state index contributed by atoms with van der Waals surface area (Å²) in [6, 6.07) is 25.2. The number of halogens is 1. The Kier molecular flexibility index (Phi) is 10.6. The second-order valence-corrected chi connectivity index (χ2v) is 12.0. The zero-order chi connectivity index (χ0) is 32.6. The topological polar surface area (TPSA) is 146 Å². The Hall–Kier alpha value is -5.20. The minimum Gasteiger partial charge on any atom is -0.497 e. The average Bonchev–Trinajstić information content (AvgIpc) is 3.02. The van der Waals surface area contributed by atoms with Crippen LogP contribution in [0.25, 0.3) is 0 Å². The zero-order valence-corrected chi connectivity index (χ0v) is 26.1. The lowest BCUT2D eigenvalue weighted by molar-refractivity contribution is -0.119. The van der Waals surface area contributed by atoms with E-state index in [4.69, 9.17) is 16.3 Å². The fraction of sp³-hybridized carbons (Fsp3) is 0.125. The van der Waals surface area contributed by atoms with E-state index in [-0.39, 0.29) is 22.4 Å². The molecule has 3 amide bonds. The minimum atomic E-state index is -4.23. The number of nitrogens with one attached hydrogen (secondary N) is 3. The molecule has 45 heavy (non-hydrogen) atoms. The van der Waals surface area contributed by atoms with Crippen molar-refractivity contribution in [3.8, 4) is 5.75 Å². The van der Waals surface area contributed by atoms with Crippen molar-refractivity contribution in [1.82, 2.24) is 5.43 Å². The van der Waals surface area contributed by atoms with Gasteiger partial charge in [0, 0.05) is 28.9 Å². The van der Waals surface area contributed by atoms with Gasteiger partial charge in [0.15, 0.2) is 0 Å². The summed E-state index contributed by atoms with van der Waals surface area (Å²) in [7, 11) is -2.74. The normalized spacial score (nSPS) is 11.3. The van der Waals surface area contributed by atoms with Crippen molar-refractivity contribution in [1.29, 1.82) is 0 Å². The molecule has 4 aromatic carbocycles. The van der Waals surface area contributed by atoms with Crippen molar-refractivity contribution >= 4 is 62.1 Å². The number of anilines is 3. The molecular weight excluding hydrogens is 618 g/mol. The van der Waals surface area contributed by atoms with Gasteiger partial charge in [-0.1, -0.05) is 29.8 Å². The largest absolute Gasteiger partial charge is 0.497 e. The van der Waals surface area contributed by atoms with Crippen LogP contribution in [0.15, 0.2) is 107 Å². The van der Waals surface area contributed by atoms with Crippen LogP contribution in [-0.2, 0) is 19.6 Å². The maximum Gasteiger partial charge on any atom is 0.264 e. The van der Waals surface area contributed by atoms with Gasteiger partial charge in [0.25, 0.3) is 21.8 Å². The maximum absolute atomic E-state index is 13.7. The molecule has 0 aliphatic carbocycles. The number of hydrogen-bond donors (Lipinski definition) is 3. The lowest BCUT2D eigenvalue weighted by Gasteiger charge is -2.24. The van der Waals surface area contributed by atoms with Crippen LogP contribution in [0, 0.1) is 0 Å². The number of sulfonamides is 1. The Morgan fingerprint density at radius 1 is 0.822 bits per heavy atom. The molecule has 0 aliphatic heterocycles. The van der Waals surface area contributed by atoms with E-state index in [1.807, 2.05) is 0 Å². The van der Waals surface area contributed by atoms with Crippen LogP contribution in [0.2, 0.25) is 5.02 Å². The average molecular weight is 648 g/mol. The summed E-state index contributed by atoms with van der Waals surface area (Å²) < 4.78 is 33.6. The van der Waals surface area contributed by atoms with E-state index in [2.05, 4.69) is 21.2 Å². The lowest BCUT2D eigenvalue weighted by atomic mass is 10.1. The molecule has 0 saturated carbocycles.